The van der Waals surface area contributed by atoms with Gasteiger partial charge in [0.2, 0.25) is 10.0 Å². The van der Waals surface area contributed by atoms with Gasteiger partial charge in [-0.05, 0) is 68.3 Å². The summed E-state index contributed by atoms with van der Waals surface area (Å²) in [4.78, 5) is 25.4. The molecule has 1 amide bonds. The summed E-state index contributed by atoms with van der Waals surface area (Å²) < 4.78 is 63.9. The Hall–Kier alpha value is -5.18. The second-order valence-corrected chi connectivity index (χ2v) is 14.9. The number of carbonyl (C=O) groups is 1. The van der Waals surface area contributed by atoms with Crippen molar-refractivity contribution in [3.63, 3.8) is 0 Å². The van der Waals surface area contributed by atoms with E-state index in [2.05, 4.69) is 10.2 Å². The highest BCUT2D eigenvalue weighted by Gasteiger charge is 2.27. The number of allylic oxidation sites excluding steroid dienone is 4. The minimum Gasteiger partial charge on any atom is -0.455 e. The van der Waals surface area contributed by atoms with Crippen LogP contribution in [0.1, 0.15) is 42.2 Å². The van der Waals surface area contributed by atoms with E-state index in [0.29, 0.717) is 81.5 Å². The fraction of sp³-hybridized carbons (Fsp3) is 0.270. The molecule has 5 heterocycles. The number of pyridine rings is 1. The lowest BCUT2D eigenvalue weighted by atomic mass is 10.0. The van der Waals surface area contributed by atoms with E-state index in [9.17, 15) is 22.7 Å². The molecule has 0 saturated carbocycles. The quantitative estimate of drug-likeness (QED) is 0.179. The number of sulfonamides is 1. The van der Waals surface area contributed by atoms with E-state index in [1.54, 1.807) is 43.3 Å². The number of hydrogen-bond donors (Lipinski definition) is 2. The average Bonchev–Trinajstić information content (AvgIpc) is 3.80. The molecule has 11 nitrogen and oxygen atoms in total. The number of furan rings is 1. The van der Waals surface area contributed by atoms with E-state index in [0.717, 1.165) is 10.6 Å². The molecule has 0 aliphatic carbocycles. The molecule has 0 radical (unpaired) electrons. The second-order valence-electron chi connectivity index (χ2n) is 12.9. The zero-order chi connectivity index (χ0) is 36.4. The number of anilines is 1. The van der Waals surface area contributed by atoms with Gasteiger partial charge >= 0.3 is 0 Å². The van der Waals surface area contributed by atoms with E-state index >= 15 is 4.39 Å². The molecule has 0 bridgehead atoms. The Morgan fingerprint density at radius 3 is 2.59 bits per heavy atom. The summed E-state index contributed by atoms with van der Waals surface area (Å²) in [5.74, 6) is -0.431. The maximum Gasteiger partial charge on any atom is 0.255 e. The average molecular weight is 715 g/mol. The number of aliphatic hydroxyl groups excluding tert-OH is 1. The van der Waals surface area contributed by atoms with E-state index in [-0.39, 0.29) is 22.6 Å². The van der Waals surface area contributed by atoms with Crippen LogP contribution >= 0.6 is 0 Å². The predicted octanol–water partition coefficient (Wildman–Crippen LogP) is 6.19. The highest BCUT2D eigenvalue weighted by molar-refractivity contribution is 7.92. The van der Waals surface area contributed by atoms with Crippen molar-refractivity contribution in [1.82, 2.24) is 24.6 Å². The van der Waals surface area contributed by atoms with E-state index in [4.69, 9.17) is 14.4 Å². The minimum absolute atomic E-state index is 0.191. The number of nitrogens with zero attached hydrogens (tertiary/aromatic N) is 5. The number of likely N-dealkylation sites (tertiary alicyclic amines) is 1. The van der Waals surface area contributed by atoms with Crippen LogP contribution in [0.2, 0.25) is 0 Å². The zero-order valence-electron chi connectivity index (χ0n) is 28.7. The van der Waals surface area contributed by atoms with Gasteiger partial charge < -0.3 is 14.8 Å². The number of rotatable bonds is 8. The molecule has 2 aromatic carbocycles. The van der Waals surface area contributed by atoms with Crippen molar-refractivity contribution < 1.29 is 31.5 Å². The Morgan fingerprint density at radius 1 is 1.12 bits per heavy atom. The first-order valence-corrected chi connectivity index (χ1v) is 18.2. The van der Waals surface area contributed by atoms with Gasteiger partial charge in [0.1, 0.15) is 28.5 Å². The fourth-order valence-electron chi connectivity index (χ4n) is 6.70. The third-order valence-corrected chi connectivity index (χ3v) is 10.5. The first kappa shape index (κ1) is 34.3. The van der Waals surface area contributed by atoms with E-state index in [1.807, 2.05) is 10.5 Å². The Morgan fingerprint density at radius 2 is 1.90 bits per heavy atom. The summed E-state index contributed by atoms with van der Waals surface area (Å²) in [5.41, 5.74) is 4.10. The smallest absolute Gasteiger partial charge is 0.255 e. The van der Waals surface area contributed by atoms with Gasteiger partial charge in [0.15, 0.2) is 0 Å². The van der Waals surface area contributed by atoms with Gasteiger partial charge in [-0.1, -0.05) is 12.1 Å². The van der Waals surface area contributed by atoms with E-state index in [1.165, 1.54) is 39.2 Å². The summed E-state index contributed by atoms with van der Waals surface area (Å²) in [6, 6.07) is 13.3. The highest BCUT2D eigenvalue weighted by atomic mass is 32.2. The maximum absolute atomic E-state index is 15.2. The van der Waals surface area contributed by atoms with E-state index < -0.39 is 33.7 Å². The molecule has 6 aromatic rings. The number of carbonyl (C=O) groups excluding carboxylic acids is 1. The van der Waals surface area contributed by atoms with Crippen LogP contribution in [0, 0.1) is 5.82 Å². The minimum atomic E-state index is -3.79. The van der Waals surface area contributed by atoms with Gasteiger partial charge in [0.25, 0.3) is 5.91 Å². The Labute approximate surface area is 292 Å². The van der Waals surface area contributed by atoms with Crippen molar-refractivity contribution in [3.8, 4) is 11.3 Å². The lowest BCUT2D eigenvalue weighted by molar-refractivity contribution is 0.0963. The zero-order valence-corrected chi connectivity index (χ0v) is 29.5. The molecule has 264 valence electrons. The van der Waals surface area contributed by atoms with Crippen molar-refractivity contribution in [3.05, 3.63) is 89.5 Å². The Bertz CT molecular complexity index is 2570. The van der Waals surface area contributed by atoms with Crippen LogP contribution in [-0.4, -0.2) is 78.2 Å². The maximum atomic E-state index is 15.2. The summed E-state index contributed by atoms with van der Waals surface area (Å²) in [6.07, 6.45) is 4.06. The van der Waals surface area contributed by atoms with Crippen LogP contribution in [0.15, 0.2) is 70.9 Å². The molecular formula is C37H36F2N6O5S. The second kappa shape index (κ2) is 12.9. The van der Waals surface area contributed by atoms with Crippen LogP contribution in [0.25, 0.3) is 55.3 Å². The lowest BCUT2D eigenvalue weighted by Crippen LogP contribution is -2.25. The van der Waals surface area contributed by atoms with Crippen LogP contribution in [0.4, 0.5) is 14.5 Å². The van der Waals surface area contributed by atoms with Crippen LogP contribution in [0.3, 0.4) is 0 Å². The molecule has 1 aliphatic rings. The molecular weight excluding hydrogens is 679 g/mol. The summed E-state index contributed by atoms with van der Waals surface area (Å²) in [5, 5.41) is 13.6. The molecule has 1 aliphatic heterocycles. The number of aromatic nitrogens is 3. The summed E-state index contributed by atoms with van der Waals surface area (Å²) in [7, 11) is -0.898. The van der Waals surface area contributed by atoms with Crippen molar-refractivity contribution in [2.75, 3.05) is 37.7 Å². The van der Waals surface area contributed by atoms with Gasteiger partial charge in [-0.25, -0.2) is 27.2 Å². The van der Waals surface area contributed by atoms with Crippen molar-refractivity contribution in [2.45, 2.75) is 32.9 Å². The molecule has 1 saturated heterocycles. The predicted molar refractivity (Wildman–Crippen MR) is 194 cm³/mol. The monoisotopic (exact) mass is 714 g/mol. The van der Waals surface area contributed by atoms with Crippen LogP contribution < -0.4 is 9.62 Å². The lowest BCUT2D eigenvalue weighted by Gasteiger charge is -2.21. The molecule has 4 aromatic heterocycles. The number of hydrogen-bond acceptors (Lipinski definition) is 8. The summed E-state index contributed by atoms with van der Waals surface area (Å²) >= 11 is 0. The Kier molecular flexibility index (Phi) is 8.64. The molecule has 1 atom stereocenters. The normalized spacial score (nSPS) is 16.3. The Balaban J connectivity index is 1.51. The largest absolute Gasteiger partial charge is 0.455 e. The molecule has 51 heavy (non-hydrogen) atoms. The number of β-amino-alcohol motifs (C(OH)–C–C–N with tert-alkyl or cyclic N) is 1. The van der Waals surface area contributed by atoms with Gasteiger partial charge in [-0.3, -0.25) is 18.4 Å². The number of benzene rings is 2. The standard InChI is InChI=1S/C37H36F2N6O5S/c1-20(9-10-21(2)38)36-34(37(47)40-3)25-15-24(30(17-32(25)50-36)43(4)51(5,48)49)27-11-12-28-35(42-27)31-16-23-26(39)7-6-8-29(23)45(31)33(41-28)19-44-14-13-22(46)18-44/h6-12,15-17,22,46H,13-14,18-19H2,1-5H3,(H,40,47). The first-order chi connectivity index (χ1) is 24.2. The van der Waals surface area contributed by atoms with Gasteiger partial charge in [0, 0.05) is 49.6 Å². The number of nitrogens with one attached hydrogen (secondary N) is 1. The molecule has 2 N–H and O–H groups in total. The highest BCUT2D eigenvalue weighted by Crippen LogP contribution is 2.40. The van der Waals surface area contributed by atoms with Crippen LogP contribution in [0.5, 0.6) is 0 Å². The summed E-state index contributed by atoms with van der Waals surface area (Å²) in [6.45, 7) is 4.60. The molecule has 1 unspecified atom stereocenters. The van der Waals surface area contributed by atoms with Gasteiger partial charge in [0.05, 0.1) is 58.2 Å². The number of fused-ring (bicyclic) bond motifs is 6. The number of amides is 1. The van der Waals surface area contributed by atoms with Crippen molar-refractivity contribution in [1.29, 1.82) is 0 Å². The van der Waals surface area contributed by atoms with Crippen LogP contribution in [-0.2, 0) is 16.6 Å². The molecule has 1 fully saturated rings. The third kappa shape index (κ3) is 6.13. The third-order valence-electron chi connectivity index (χ3n) is 9.32. The number of aliphatic hydroxyl groups is 1. The SMILES string of the molecule is CNC(=O)c1c(C(C)=CC=C(C)F)oc2cc(N(C)S(C)(=O)=O)c(-c3ccc4nc(CN5CCC(O)C5)n5c6cccc(F)c6cc5c4n3)cc12. The van der Waals surface area contributed by atoms with Gasteiger partial charge in [-0.15, -0.1) is 0 Å². The van der Waals surface area contributed by atoms with Crippen molar-refractivity contribution in [2.24, 2.45) is 0 Å². The fourth-order valence-corrected chi connectivity index (χ4v) is 7.21. The topological polar surface area (TPSA) is 133 Å². The number of halogens is 2. The molecule has 14 heteroatoms. The van der Waals surface area contributed by atoms with Crippen molar-refractivity contribution >= 4 is 65.6 Å². The molecule has 7 rings (SSSR count). The first-order valence-electron chi connectivity index (χ1n) is 16.3. The molecule has 0 spiro atoms. The van der Waals surface area contributed by atoms with Gasteiger partial charge in [-0.2, -0.15) is 0 Å².